The van der Waals surface area contributed by atoms with Gasteiger partial charge in [-0.25, -0.2) is 0 Å². The van der Waals surface area contributed by atoms with E-state index in [-0.39, 0.29) is 33.9 Å². The number of nitro benzene ring substituents is 1. The van der Waals surface area contributed by atoms with Crippen molar-refractivity contribution in [1.29, 1.82) is 0 Å². The van der Waals surface area contributed by atoms with E-state index in [1.807, 2.05) is 41.5 Å². The molecule has 184 valence electrons. The van der Waals surface area contributed by atoms with E-state index < -0.39 is 5.97 Å². The van der Waals surface area contributed by atoms with Gasteiger partial charge in [0.15, 0.2) is 5.11 Å². The smallest absolute Gasteiger partial charge is 0.325 e. The second kappa shape index (κ2) is 9.49. The first-order valence-electron chi connectivity index (χ1n) is 11.2. The highest BCUT2D eigenvalue weighted by molar-refractivity contribution is 7.80. The molecule has 4 rings (SSSR count). The first-order valence-corrected chi connectivity index (χ1v) is 11.7. The molecule has 2 aliphatic heterocycles. The van der Waals surface area contributed by atoms with Crippen LogP contribution in [0.5, 0.6) is 0 Å². The van der Waals surface area contributed by atoms with Gasteiger partial charge in [-0.1, -0.05) is 0 Å². The van der Waals surface area contributed by atoms with Crippen LogP contribution in [0, 0.1) is 24.0 Å². The Morgan fingerprint density at radius 3 is 2.54 bits per heavy atom. The van der Waals surface area contributed by atoms with E-state index in [1.165, 1.54) is 16.9 Å². The van der Waals surface area contributed by atoms with E-state index in [4.69, 9.17) is 17.0 Å². The lowest BCUT2D eigenvalue weighted by Crippen LogP contribution is -2.33. The van der Waals surface area contributed by atoms with Crippen molar-refractivity contribution in [3.63, 3.8) is 0 Å². The zero-order valence-electron chi connectivity index (χ0n) is 20.1. The molecule has 1 amide bonds. The lowest BCUT2D eigenvalue weighted by molar-refractivity contribution is -0.384. The Morgan fingerprint density at radius 2 is 1.91 bits per heavy atom. The van der Waals surface area contributed by atoms with E-state index in [0.717, 1.165) is 42.9 Å². The summed E-state index contributed by atoms with van der Waals surface area (Å²) in [5, 5.41) is 12.1. The molecular weight excluding hydrogens is 470 g/mol. The molecule has 1 aromatic carbocycles. The summed E-state index contributed by atoms with van der Waals surface area (Å²) >= 11 is 5.35. The molecular formula is C24H27N5O5S. The van der Waals surface area contributed by atoms with E-state index in [0.29, 0.717) is 11.4 Å². The molecule has 0 bridgehead atoms. The van der Waals surface area contributed by atoms with Crippen molar-refractivity contribution in [1.82, 2.24) is 14.4 Å². The Hall–Kier alpha value is -3.73. The summed E-state index contributed by atoms with van der Waals surface area (Å²) in [5.41, 5.74) is 4.01. The number of carbonyl (C=O) groups is 2. The zero-order chi connectivity index (χ0) is 25.4. The number of amides is 1. The Kier molecular flexibility index (Phi) is 6.62. The van der Waals surface area contributed by atoms with Gasteiger partial charge in [-0.2, -0.15) is 0 Å². The maximum absolute atomic E-state index is 12.8. The number of methoxy groups -OCH3 is 1. The fourth-order valence-corrected chi connectivity index (χ4v) is 4.89. The largest absolute Gasteiger partial charge is 0.468 e. The van der Waals surface area contributed by atoms with Crippen LogP contribution in [-0.2, 0) is 14.3 Å². The lowest BCUT2D eigenvalue weighted by Gasteiger charge is -2.19. The summed E-state index contributed by atoms with van der Waals surface area (Å²) in [4.78, 5) is 41.1. The van der Waals surface area contributed by atoms with Crippen molar-refractivity contribution in [2.24, 2.45) is 0 Å². The van der Waals surface area contributed by atoms with Gasteiger partial charge in [0.1, 0.15) is 17.9 Å². The number of hydrogen-bond acceptors (Lipinski definition) is 7. The number of nitro groups is 1. The third-order valence-electron chi connectivity index (χ3n) is 6.47. The number of thiocarbonyl (C=S) groups is 1. The van der Waals surface area contributed by atoms with Crippen molar-refractivity contribution < 1.29 is 19.2 Å². The third-order valence-corrected chi connectivity index (χ3v) is 6.96. The summed E-state index contributed by atoms with van der Waals surface area (Å²) in [7, 11) is 2.83. The fourth-order valence-electron chi connectivity index (χ4n) is 4.65. The zero-order valence-corrected chi connectivity index (χ0v) is 20.9. The maximum atomic E-state index is 12.8. The molecule has 2 aliphatic rings. The van der Waals surface area contributed by atoms with Crippen LogP contribution in [0.1, 0.15) is 29.8 Å². The number of anilines is 1. The predicted molar refractivity (Wildman–Crippen MR) is 135 cm³/mol. The average Bonchev–Trinajstić information content (AvgIpc) is 3.51. The summed E-state index contributed by atoms with van der Waals surface area (Å²) in [6.45, 7) is 5.22. The standard InChI is InChI=1S/C24H27N5O5S/c1-15-11-17(12-21-23(31)25(3)24(35)27(21)14-22(30)34-4)16(2)28(15)18-7-8-19(20(13-18)29(32)33)26-9-5-6-10-26/h7-8,11-13H,5-6,9-10,14H2,1-4H3/b21-12-. The number of aryl methyl sites for hydroxylation is 1. The van der Waals surface area contributed by atoms with Crippen LogP contribution in [0.25, 0.3) is 11.8 Å². The van der Waals surface area contributed by atoms with E-state index in [1.54, 1.807) is 19.2 Å². The second-order valence-electron chi connectivity index (χ2n) is 8.62. The minimum atomic E-state index is -0.516. The van der Waals surface area contributed by atoms with Gasteiger partial charge in [-0.3, -0.25) is 24.6 Å². The molecule has 0 aliphatic carbocycles. The maximum Gasteiger partial charge on any atom is 0.325 e. The van der Waals surface area contributed by atoms with E-state index >= 15 is 0 Å². The van der Waals surface area contributed by atoms with Crippen molar-refractivity contribution in [2.45, 2.75) is 26.7 Å². The number of rotatable bonds is 6. The summed E-state index contributed by atoms with van der Waals surface area (Å²) in [5.74, 6) is -0.841. The van der Waals surface area contributed by atoms with Crippen LogP contribution in [0.4, 0.5) is 11.4 Å². The van der Waals surface area contributed by atoms with Crippen LogP contribution in [0.3, 0.4) is 0 Å². The van der Waals surface area contributed by atoms with Crippen molar-refractivity contribution in [3.05, 3.63) is 57.0 Å². The van der Waals surface area contributed by atoms with Crippen LogP contribution < -0.4 is 4.90 Å². The van der Waals surface area contributed by atoms with Crippen LogP contribution >= 0.6 is 12.2 Å². The van der Waals surface area contributed by atoms with Crippen LogP contribution in [0.2, 0.25) is 0 Å². The van der Waals surface area contributed by atoms with Gasteiger partial charge in [0.2, 0.25) is 0 Å². The number of ether oxygens (including phenoxy) is 1. The fraction of sp³-hybridized carbons (Fsp3) is 0.375. The molecule has 0 spiro atoms. The number of nitrogens with zero attached hydrogens (tertiary/aromatic N) is 5. The van der Waals surface area contributed by atoms with E-state index in [9.17, 15) is 19.7 Å². The number of aromatic nitrogens is 1. The van der Waals surface area contributed by atoms with Gasteiger partial charge < -0.3 is 19.1 Å². The van der Waals surface area contributed by atoms with Crippen LogP contribution in [0.15, 0.2) is 30.0 Å². The molecule has 0 N–H and O–H groups in total. The highest BCUT2D eigenvalue weighted by Gasteiger charge is 2.37. The number of hydrogen-bond donors (Lipinski definition) is 0. The molecule has 0 radical (unpaired) electrons. The van der Waals surface area contributed by atoms with Gasteiger partial charge >= 0.3 is 5.97 Å². The van der Waals surface area contributed by atoms with Gasteiger partial charge in [0.05, 0.1) is 17.7 Å². The molecule has 35 heavy (non-hydrogen) atoms. The Morgan fingerprint density at radius 1 is 1.23 bits per heavy atom. The number of esters is 1. The van der Waals surface area contributed by atoms with Crippen molar-refractivity contribution in [2.75, 3.05) is 38.7 Å². The monoisotopic (exact) mass is 497 g/mol. The molecule has 11 heteroatoms. The van der Waals surface area contributed by atoms with Crippen molar-refractivity contribution >= 4 is 46.7 Å². The summed E-state index contributed by atoms with van der Waals surface area (Å²) in [6.07, 6.45) is 3.74. The molecule has 2 aromatic rings. The average molecular weight is 498 g/mol. The third kappa shape index (κ3) is 4.39. The first-order chi connectivity index (χ1) is 16.6. The summed E-state index contributed by atoms with van der Waals surface area (Å²) in [6, 6.07) is 7.18. The normalized spacial score (nSPS) is 17.1. The van der Waals surface area contributed by atoms with Gasteiger partial charge in [0.25, 0.3) is 11.6 Å². The number of carbonyl (C=O) groups excluding carboxylic acids is 2. The van der Waals surface area contributed by atoms with Gasteiger partial charge in [0, 0.05) is 37.6 Å². The molecule has 10 nitrogen and oxygen atoms in total. The molecule has 2 saturated heterocycles. The number of benzene rings is 1. The molecule has 0 unspecified atom stereocenters. The Balaban J connectivity index is 1.75. The Labute approximate surface area is 208 Å². The molecule has 0 saturated carbocycles. The SMILES string of the molecule is COC(=O)CN1C(=S)N(C)C(=O)/C1=C/c1cc(C)n(-c2ccc(N3CCCC3)c([N+](=O)[O-])c2)c1C. The number of likely N-dealkylation sites (N-methyl/N-ethyl adjacent to an activating group) is 1. The quantitative estimate of drug-likeness (QED) is 0.197. The summed E-state index contributed by atoms with van der Waals surface area (Å²) < 4.78 is 6.67. The predicted octanol–water partition coefficient (Wildman–Crippen LogP) is 3.18. The Bertz CT molecular complexity index is 1260. The minimum absolute atomic E-state index is 0.0685. The van der Waals surface area contributed by atoms with Gasteiger partial charge in [-0.05, 0) is 68.7 Å². The molecule has 2 fully saturated rings. The highest BCUT2D eigenvalue weighted by Crippen LogP contribution is 2.34. The first kappa shape index (κ1) is 24.4. The molecule has 3 heterocycles. The minimum Gasteiger partial charge on any atom is -0.468 e. The van der Waals surface area contributed by atoms with Gasteiger partial charge in [-0.15, -0.1) is 0 Å². The lowest BCUT2D eigenvalue weighted by atomic mass is 10.2. The molecule has 0 atom stereocenters. The second-order valence-corrected chi connectivity index (χ2v) is 8.99. The van der Waals surface area contributed by atoms with Crippen LogP contribution in [-0.4, -0.2) is 70.1 Å². The topological polar surface area (TPSA) is 101 Å². The van der Waals surface area contributed by atoms with Crippen molar-refractivity contribution in [3.8, 4) is 5.69 Å². The highest BCUT2D eigenvalue weighted by atomic mass is 32.1. The molecule has 1 aromatic heterocycles. The van der Waals surface area contributed by atoms with E-state index in [2.05, 4.69) is 0 Å².